The molecule has 0 saturated carbocycles. The van der Waals surface area contributed by atoms with Gasteiger partial charge in [0.2, 0.25) is 0 Å². The number of ether oxygens (including phenoxy) is 1. The van der Waals surface area contributed by atoms with Gasteiger partial charge in [0, 0.05) is 17.7 Å². The van der Waals surface area contributed by atoms with Crippen molar-refractivity contribution < 1.29 is 9.84 Å². The Bertz CT molecular complexity index is 679. The maximum absolute atomic E-state index is 12.8. The fraction of sp³-hybridized carbons (Fsp3) is 0.571. The largest absolute Gasteiger partial charge is 0.396 e. The van der Waals surface area contributed by atoms with Gasteiger partial charge in [-0.25, -0.2) is 4.98 Å². The first-order valence-corrected chi connectivity index (χ1v) is 8.69. The average Bonchev–Trinajstić information content (AvgIpc) is 2.79. The first-order chi connectivity index (χ1) is 10.1. The second-order valence-corrected chi connectivity index (χ2v) is 6.85. The first-order valence-electron chi connectivity index (χ1n) is 6.89. The molecule has 0 radical (unpaired) electrons. The molecule has 0 amide bonds. The highest BCUT2D eigenvalue weighted by Crippen LogP contribution is 2.29. The molecule has 0 unspecified atom stereocenters. The number of aromatic nitrogens is 2. The van der Waals surface area contributed by atoms with Crippen molar-refractivity contribution in [2.45, 2.75) is 32.0 Å². The van der Waals surface area contributed by atoms with Crippen LogP contribution in [0.25, 0.3) is 10.2 Å². The molecule has 0 fully saturated rings. The molecule has 0 spiro atoms. The Morgan fingerprint density at radius 1 is 1.48 bits per heavy atom. The second kappa shape index (κ2) is 7.40. The molecule has 5 nitrogen and oxygen atoms in total. The quantitative estimate of drug-likeness (QED) is 0.622. The number of fused-ring (bicyclic) bond motifs is 1. The lowest BCUT2D eigenvalue weighted by molar-refractivity contribution is 0.183. The predicted molar refractivity (Wildman–Crippen MR) is 87.7 cm³/mol. The number of hydrogen-bond donors (Lipinski definition) is 1. The van der Waals surface area contributed by atoms with Crippen molar-refractivity contribution >= 4 is 33.3 Å². The van der Waals surface area contributed by atoms with Crippen molar-refractivity contribution in [1.82, 2.24) is 9.55 Å². The summed E-state index contributed by atoms with van der Waals surface area (Å²) in [6.45, 7) is 5.09. The van der Waals surface area contributed by atoms with E-state index in [4.69, 9.17) is 9.84 Å². The summed E-state index contributed by atoms with van der Waals surface area (Å²) in [5, 5.41) is 10.4. The topological polar surface area (TPSA) is 64.3 Å². The zero-order valence-electron chi connectivity index (χ0n) is 12.5. The van der Waals surface area contributed by atoms with Gasteiger partial charge in [0.25, 0.3) is 5.56 Å². The van der Waals surface area contributed by atoms with Crippen LogP contribution in [0.5, 0.6) is 0 Å². The van der Waals surface area contributed by atoms with Gasteiger partial charge < -0.3 is 9.84 Å². The molecule has 7 heteroatoms. The number of rotatable bonds is 7. The normalized spacial score (nSPS) is 11.4. The van der Waals surface area contributed by atoms with Gasteiger partial charge in [-0.15, -0.1) is 11.3 Å². The lowest BCUT2D eigenvalue weighted by atomic mass is 10.1. The van der Waals surface area contributed by atoms with Gasteiger partial charge in [-0.2, -0.15) is 0 Å². The standard InChI is InChI=1S/C14H20N2O3S2/c1-4-10-9(2)21-12-11(10)13(18)16(5-7-19-3)14(15-12)20-8-6-17/h17H,4-8H2,1-3H3. The van der Waals surface area contributed by atoms with E-state index in [1.807, 2.05) is 6.92 Å². The summed E-state index contributed by atoms with van der Waals surface area (Å²) in [6, 6.07) is 0. The highest BCUT2D eigenvalue weighted by molar-refractivity contribution is 7.99. The van der Waals surface area contributed by atoms with Gasteiger partial charge in [0.1, 0.15) is 4.83 Å². The monoisotopic (exact) mass is 328 g/mol. The smallest absolute Gasteiger partial charge is 0.263 e. The van der Waals surface area contributed by atoms with Crippen molar-refractivity contribution in [3.8, 4) is 0 Å². The highest BCUT2D eigenvalue weighted by atomic mass is 32.2. The molecule has 2 aromatic rings. The third kappa shape index (κ3) is 3.31. The summed E-state index contributed by atoms with van der Waals surface area (Å²) in [6.07, 6.45) is 0.830. The van der Waals surface area contributed by atoms with Crippen LogP contribution in [0.2, 0.25) is 0 Å². The molecule has 0 bridgehead atoms. The summed E-state index contributed by atoms with van der Waals surface area (Å²) < 4.78 is 6.75. The zero-order chi connectivity index (χ0) is 15.4. The second-order valence-electron chi connectivity index (χ2n) is 4.59. The van der Waals surface area contributed by atoms with E-state index in [1.54, 1.807) is 23.0 Å². The molecule has 0 aliphatic rings. The fourth-order valence-electron chi connectivity index (χ4n) is 2.28. The number of aliphatic hydroxyl groups excluding tert-OH is 1. The van der Waals surface area contributed by atoms with Crippen molar-refractivity contribution in [2.24, 2.45) is 0 Å². The van der Waals surface area contributed by atoms with Gasteiger partial charge in [-0.3, -0.25) is 9.36 Å². The molecule has 1 N–H and O–H groups in total. The predicted octanol–water partition coefficient (Wildman–Crippen LogP) is 2.06. The molecule has 0 aliphatic carbocycles. The van der Waals surface area contributed by atoms with E-state index in [9.17, 15) is 4.79 Å². The Hall–Kier alpha value is -0.890. The Balaban J connectivity index is 2.62. The average molecular weight is 328 g/mol. The zero-order valence-corrected chi connectivity index (χ0v) is 14.1. The maximum atomic E-state index is 12.8. The van der Waals surface area contributed by atoms with E-state index in [2.05, 4.69) is 11.9 Å². The van der Waals surface area contributed by atoms with Gasteiger partial charge >= 0.3 is 0 Å². The van der Waals surface area contributed by atoms with Gasteiger partial charge in [0.15, 0.2) is 5.16 Å². The number of aryl methyl sites for hydroxylation is 2. The minimum Gasteiger partial charge on any atom is -0.396 e. The Morgan fingerprint density at radius 2 is 2.24 bits per heavy atom. The van der Waals surface area contributed by atoms with Crippen LogP contribution >= 0.6 is 23.1 Å². The van der Waals surface area contributed by atoms with E-state index in [0.29, 0.717) is 24.1 Å². The number of thiophene rings is 1. The third-order valence-electron chi connectivity index (χ3n) is 3.27. The van der Waals surface area contributed by atoms with Crippen LogP contribution in [0.3, 0.4) is 0 Å². The van der Waals surface area contributed by atoms with E-state index in [-0.39, 0.29) is 12.2 Å². The minimum absolute atomic E-state index is 0.00121. The van der Waals surface area contributed by atoms with E-state index < -0.39 is 0 Å². The number of hydrogen-bond acceptors (Lipinski definition) is 6. The van der Waals surface area contributed by atoms with Gasteiger partial charge in [0.05, 0.1) is 25.1 Å². The van der Waals surface area contributed by atoms with E-state index in [0.717, 1.165) is 27.1 Å². The summed E-state index contributed by atoms with van der Waals surface area (Å²) in [5.74, 6) is 0.524. The van der Waals surface area contributed by atoms with Crippen molar-refractivity contribution in [3.63, 3.8) is 0 Å². The van der Waals surface area contributed by atoms with Crippen LogP contribution in [0.1, 0.15) is 17.4 Å². The summed E-state index contributed by atoms with van der Waals surface area (Å²) >= 11 is 2.97. The first kappa shape index (κ1) is 16.5. The Morgan fingerprint density at radius 3 is 2.86 bits per heavy atom. The maximum Gasteiger partial charge on any atom is 0.263 e. The van der Waals surface area contributed by atoms with Gasteiger partial charge in [-0.05, 0) is 18.9 Å². The molecule has 21 heavy (non-hydrogen) atoms. The Kier molecular flexibility index (Phi) is 5.80. The lowest BCUT2D eigenvalue weighted by Gasteiger charge is -2.11. The molecule has 2 rings (SSSR count). The molecular formula is C14H20N2O3S2. The molecule has 116 valence electrons. The molecule has 0 aromatic carbocycles. The van der Waals surface area contributed by atoms with Crippen molar-refractivity contribution in [2.75, 3.05) is 26.1 Å². The molecular weight excluding hydrogens is 308 g/mol. The molecule has 0 saturated heterocycles. The van der Waals surface area contributed by atoms with Crippen LogP contribution in [-0.2, 0) is 17.7 Å². The van der Waals surface area contributed by atoms with Crippen molar-refractivity contribution in [3.05, 3.63) is 20.8 Å². The van der Waals surface area contributed by atoms with Crippen LogP contribution < -0.4 is 5.56 Å². The van der Waals surface area contributed by atoms with Crippen LogP contribution in [0, 0.1) is 6.92 Å². The van der Waals surface area contributed by atoms with E-state index >= 15 is 0 Å². The third-order valence-corrected chi connectivity index (χ3v) is 5.27. The molecule has 0 aliphatic heterocycles. The fourth-order valence-corrected chi connectivity index (χ4v) is 4.21. The summed E-state index contributed by atoms with van der Waals surface area (Å²) in [5.41, 5.74) is 1.09. The highest BCUT2D eigenvalue weighted by Gasteiger charge is 2.17. The lowest BCUT2D eigenvalue weighted by Crippen LogP contribution is -2.25. The summed E-state index contributed by atoms with van der Waals surface area (Å²) in [4.78, 5) is 19.4. The minimum atomic E-state index is -0.00121. The SMILES string of the molecule is CCc1c(C)sc2nc(SCCO)n(CCOC)c(=O)c12. The van der Waals surface area contributed by atoms with E-state index in [1.165, 1.54) is 11.8 Å². The van der Waals surface area contributed by atoms with Crippen LogP contribution in [0.4, 0.5) is 0 Å². The number of thioether (sulfide) groups is 1. The number of aliphatic hydroxyl groups is 1. The van der Waals surface area contributed by atoms with Crippen LogP contribution in [0.15, 0.2) is 9.95 Å². The molecule has 2 heterocycles. The molecule has 2 aromatic heterocycles. The van der Waals surface area contributed by atoms with Crippen LogP contribution in [-0.4, -0.2) is 40.7 Å². The van der Waals surface area contributed by atoms with Crippen molar-refractivity contribution in [1.29, 1.82) is 0 Å². The number of methoxy groups -OCH3 is 1. The number of nitrogens with zero attached hydrogens (tertiary/aromatic N) is 2. The molecule has 0 atom stereocenters. The van der Waals surface area contributed by atoms with Gasteiger partial charge in [-0.1, -0.05) is 18.7 Å². The Labute approximate surface area is 132 Å². The summed E-state index contributed by atoms with van der Waals surface area (Å²) in [7, 11) is 1.61.